The number of carbonyl (C=O) groups excluding carboxylic acids is 2. The molecule has 124 valence electrons. The number of benzene rings is 2. The first-order valence-electron chi connectivity index (χ1n) is 7.10. The predicted molar refractivity (Wildman–Crippen MR) is 87.0 cm³/mol. The van der Waals surface area contributed by atoms with E-state index in [9.17, 15) is 19.7 Å². The van der Waals surface area contributed by atoms with Crippen molar-refractivity contribution in [1.82, 2.24) is 4.90 Å². The number of amides is 1. The number of rotatable bonds is 6. The number of nitro groups is 1. The van der Waals surface area contributed by atoms with E-state index in [1.807, 2.05) is 0 Å². The number of aldehydes is 1. The van der Waals surface area contributed by atoms with Crippen molar-refractivity contribution in [2.45, 2.75) is 6.10 Å². The molecule has 0 N–H and O–H groups in total. The van der Waals surface area contributed by atoms with Gasteiger partial charge in [0, 0.05) is 31.3 Å². The summed E-state index contributed by atoms with van der Waals surface area (Å²) in [6.07, 6.45) is -0.516. The molecule has 0 aliphatic carbocycles. The summed E-state index contributed by atoms with van der Waals surface area (Å²) in [7, 11) is 3.15. The van der Waals surface area contributed by atoms with Crippen molar-refractivity contribution < 1.29 is 19.2 Å². The number of likely N-dealkylation sites (N-methyl/N-ethyl adjacent to an activating group) is 1. The lowest BCUT2D eigenvalue weighted by atomic mass is 10.1. The largest absolute Gasteiger partial charge is 0.469 e. The molecule has 0 spiro atoms. The lowest BCUT2D eigenvalue weighted by Gasteiger charge is -2.22. The first kappa shape index (κ1) is 17.1. The second-order valence-corrected chi connectivity index (χ2v) is 5.24. The van der Waals surface area contributed by atoms with Crippen molar-refractivity contribution in [1.29, 1.82) is 0 Å². The average molecular weight is 328 g/mol. The van der Waals surface area contributed by atoms with Crippen LogP contribution in [0.4, 0.5) is 5.69 Å². The van der Waals surface area contributed by atoms with Gasteiger partial charge in [0.1, 0.15) is 6.29 Å². The molecule has 0 aromatic heterocycles. The quantitative estimate of drug-likeness (QED) is 0.462. The van der Waals surface area contributed by atoms with Crippen LogP contribution in [0.3, 0.4) is 0 Å². The number of carbonyl (C=O) groups is 2. The van der Waals surface area contributed by atoms with Gasteiger partial charge in [-0.15, -0.1) is 0 Å². The summed E-state index contributed by atoms with van der Waals surface area (Å²) in [5.41, 5.74) is 0.362. The first-order chi connectivity index (χ1) is 11.4. The predicted octanol–water partition coefficient (Wildman–Crippen LogP) is 2.62. The van der Waals surface area contributed by atoms with Crippen LogP contribution in [0.15, 0.2) is 48.5 Å². The summed E-state index contributed by atoms with van der Waals surface area (Å²) in [5.74, 6) is -0.426. The van der Waals surface area contributed by atoms with Gasteiger partial charge in [-0.2, -0.15) is 0 Å². The van der Waals surface area contributed by atoms with Gasteiger partial charge in [0.05, 0.1) is 4.92 Å². The van der Waals surface area contributed by atoms with E-state index in [4.69, 9.17) is 4.74 Å². The maximum atomic E-state index is 12.4. The van der Waals surface area contributed by atoms with E-state index in [-0.39, 0.29) is 22.9 Å². The fraction of sp³-hybridized carbons (Fsp3) is 0.176. The van der Waals surface area contributed by atoms with Crippen LogP contribution in [-0.4, -0.2) is 36.1 Å². The Balaban J connectivity index is 2.45. The zero-order valence-corrected chi connectivity index (χ0v) is 13.2. The highest BCUT2D eigenvalue weighted by Crippen LogP contribution is 2.32. The highest BCUT2D eigenvalue weighted by molar-refractivity contribution is 5.82. The third kappa shape index (κ3) is 3.75. The molecule has 0 radical (unpaired) electrons. The van der Waals surface area contributed by atoms with Gasteiger partial charge in [-0.1, -0.05) is 30.3 Å². The summed E-state index contributed by atoms with van der Waals surface area (Å²) < 4.78 is 5.67. The van der Waals surface area contributed by atoms with Gasteiger partial charge in [-0.05, 0) is 12.1 Å². The van der Waals surface area contributed by atoms with Crippen LogP contribution in [0.25, 0.3) is 0 Å². The molecule has 1 atom stereocenters. The van der Waals surface area contributed by atoms with Crippen molar-refractivity contribution in [3.8, 4) is 5.75 Å². The molecule has 7 nitrogen and oxygen atoms in total. The van der Waals surface area contributed by atoms with E-state index >= 15 is 0 Å². The van der Waals surface area contributed by atoms with E-state index in [2.05, 4.69) is 0 Å². The average Bonchev–Trinajstić information content (AvgIpc) is 2.59. The molecule has 1 amide bonds. The van der Waals surface area contributed by atoms with E-state index in [0.717, 1.165) is 6.07 Å². The second kappa shape index (κ2) is 7.36. The Bertz CT molecular complexity index is 759. The van der Waals surface area contributed by atoms with Crippen molar-refractivity contribution in [3.63, 3.8) is 0 Å². The van der Waals surface area contributed by atoms with Gasteiger partial charge < -0.3 is 9.64 Å². The summed E-state index contributed by atoms with van der Waals surface area (Å²) in [5, 5.41) is 11.2. The molecule has 24 heavy (non-hydrogen) atoms. The third-order valence-electron chi connectivity index (χ3n) is 3.33. The minimum Gasteiger partial charge on any atom is -0.469 e. The Labute approximate surface area is 138 Å². The second-order valence-electron chi connectivity index (χ2n) is 5.24. The van der Waals surface area contributed by atoms with Crippen LogP contribution >= 0.6 is 0 Å². The SMILES string of the molecule is CN(C)C(=O)[C@@H](Oc1ccc(C=O)cc1[N+](=O)[O-])c1ccccc1. The summed E-state index contributed by atoms with van der Waals surface area (Å²) >= 11 is 0. The zero-order chi connectivity index (χ0) is 17.7. The third-order valence-corrected chi connectivity index (χ3v) is 3.33. The Morgan fingerprint density at radius 3 is 2.42 bits per heavy atom. The summed E-state index contributed by atoms with van der Waals surface area (Å²) in [6.45, 7) is 0. The van der Waals surface area contributed by atoms with Crippen LogP contribution in [0, 0.1) is 10.1 Å². The molecule has 0 fully saturated rings. The molecular formula is C17H16N2O5. The Kier molecular flexibility index (Phi) is 5.26. The lowest BCUT2D eigenvalue weighted by molar-refractivity contribution is -0.386. The first-order valence-corrected chi connectivity index (χ1v) is 7.10. The Morgan fingerprint density at radius 1 is 1.21 bits per heavy atom. The molecule has 0 bridgehead atoms. The standard InChI is InChI=1S/C17H16N2O5/c1-18(2)17(21)16(13-6-4-3-5-7-13)24-15-9-8-12(11-20)10-14(15)19(22)23/h3-11,16H,1-2H3/t16-/m0/s1. The van der Waals surface area contributed by atoms with Crippen molar-refractivity contribution >= 4 is 17.9 Å². The number of hydrogen-bond donors (Lipinski definition) is 0. The van der Waals surface area contributed by atoms with Crippen LogP contribution < -0.4 is 4.74 Å². The van der Waals surface area contributed by atoms with Gasteiger partial charge in [0.15, 0.2) is 5.75 Å². The van der Waals surface area contributed by atoms with Gasteiger partial charge in [-0.3, -0.25) is 19.7 Å². The van der Waals surface area contributed by atoms with E-state index in [0.29, 0.717) is 11.8 Å². The fourth-order valence-electron chi connectivity index (χ4n) is 2.10. The van der Waals surface area contributed by atoms with Crippen LogP contribution in [-0.2, 0) is 4.79 Å². The smallest absolute Gasteiger partial charge is 0.311 e. The highest BCUT2D eigenvalue weighted by Gasteiger charge is 2.27. The highest BCUT2D eigenvalue weighted by atomic mass is 16.6. The molecule has 2 rings (SSSR count). The molecule has 0 unspecified atom stereocenters. The number of nitro benzene ring substituents is 1. The van der Waals surface area contributed by atoms with E-state index in [1.54, 1.807) is 44.4 Å². The van der Waals surface area contributed by atoms with Crippen LogP contribution in [0.2, 0.25) is 0 Å². The zero-order valence-electron chi connectivity index (χ0n) is 13.2. The van der Waals surface area contributed by atoms with Crippen LogP contribution in [0.1, 0.15) is 22.0 Å². The minimum atomic E-state index is -1.03. The molecule has 0 aliphatic rings. The molecule has 0 saturated heterocycles. The molecule has 2 aromatic carbocycles. The van der Waals surface area contributed by atoms with Crippen molar-refractivity contribution in [2.24, 2.45) is 0 Å². The Morgan fingerprint density at radius 2 is 1.88 bits per heavy atom. The number of hydrogen-bond acceptors (Lipinski definition) is 5. The van der Waals surface area contributed by atoms with Gasteiger partial charge in [0.2, 0.25) is 6.10 Å². The lowest BCUT2D eigenvalue weighted by Crippen LogP contribution is -2.31. The van der Waals surface area contributed by atoms with Crippen LogP contribution in [0.5, 0.6) is 5.75 Å². The molecule has 0 saturated carbocycles. The van der Waals surface area contributed by atoms with E-state index < -0.39 is 11.0 Å². The number of ether oxygens (including phenoxy) is 1. The normalized spacial score (nSPS) is 11.4. The fourth-order valence-corrected chi connectivity index (χ4v) is 2.10. The molecule has 0 heterocycles. The van der Waals surface area contributed by atoms with Crippen molar-refractivity contribution in [2.75, 3.05) is 14.1 Å². The minimum absolute atomic E-state index is 0.0744. The monoisotopic (exact) mass is 328 g/mol. The maximum Gasteiger partial charge on any atom is 0.311 e. The van der Waals surface area contributed by atoms with Gasteiger partial charge in [0.25, 0.3) is 5.91 Å². The molecule has 2 aromatic rings. The van der Waals surface area contributed by atoms with Gasteiger partial charge >= 0.3 is 5.69 Å². The molecule has 0 aliphatic heterocycles. The Hall–Kier alpha value is -3.22. The summed E-state index contributed by atoms with van der Waals surface area (Å²) in [6, 6.07) is 12.5. The summed E-state index contributed by atoms with van der Waals surface area (Å²) in [4.78, 5) is 35.2. The molecular weight excluding hydrogens is 312 g/mol. The maximum absolute atomic E-state index is 12.4. The molecule has 7 heteroatoms. The van der Waals surface area contributed by atoms with E-state index in [1.165, 1.54) is 17.0 Å². The topological polar surface area (TPSA) is 89.8 Å². The van der Waals surface area contributed by atoms with Crippen molar-refractivity contribution in [3.05, 3.63) is 69.8 Å². The van der Waals surface area contributed by atoms with Gasteiger partial charge in [-0.25, -0.2) is 0 Å². The number of nitrogens with zero attached hydrogens (tertiary/aromatic N) is 2.